The van der Waals surface area contributed by atoms with Gasteiger partial charge in [-0.25, -0.2) is 4.79 Å². The van der Waals surface area contributed by atoms with Crippen LogP contribution < -0.4 is 0 Å². The fourth-order valence-corrected chi connectivity index (χ4v) is 1.50. The highest BCUT2D eigenvalue weighted by atomic mass is 32.2. The first-order chi connectivity index (χ1) is 6.97. The van der Waals surface area contributed by atoms with E-state index >= 15 is 0 Å². The molecule has 7 heteroatoms. The van der Waals surface area contributed by atoms with Crippen LogP contribution in [0.15, 0.2) is 0 Å². The molecule has 1 rings (SSSR count). The molecular weight excluding hydrogens is 219 g/mol. The van der Waals surface area contributed by atoms with Gasteiger partial charge in [-0.1, -0.05) is 0 Å². The van der Waals surface area contributed by atoms with Crippen LogP contribution in [0.1, 0.15) is 13.3 Å². The molecule has 82 valence electrons. The van der Waals surface area contributed by atoms with Crippen LogP contribution in [0.2, 0.25) is 0 Å². The molecule has 0 aromatic heterocycles. The quantitative estimate of drug-likeness (QED) is 0.385. The Kier molecular flexibility index (Phi) is 4.04. The lowest BCUT2D eigenvalue weighted by molar-refractivity contribution is -0.160. The van der Waals surface area contributed by atoms with Crippen molar-refractivity contribution in [2.45, 2.75) is 24.1 Å². The third kappa shape index (κ3) is 3.14. The minimum atomic E-state index is -1.32. The van der Waals surface area contributed by atoms with E-state index in [9.17, 15) is 9.59 Å². The minimum absolute atomic E-state index is 0.273. The average molecular weight is 230 g/mol. The van der Waals surface area contributed by atoms with E-state index in [1.54, 1.807) is 0 Å². The first kappa shape index (κ1) is 12.4. The smallest absolute Gasteiger partial charge is 0.347 e. The van der Waals surface area contributed by atoms with Crippen LogP contribution in [0.3, 0.4) is 0 Å². The Morgan fingerprint density at radius 1 is 1.73 bits per heavy atom. The maximum Gasteiger partial charge on any atom is 0.347 e. The molecule has 0 aliphatic carbocycles. The normalized spacial score (nSPS) is 24.4. The van der Waals surface area contributed by atoms with Gasteiger partial charge in [-0.15, -0.1) is 0 Å². The van der Waals surface area contributed by atoms with E-state index < -0.39 is 22.7 Å². The van der Waals surface area contributed by atoms with E-state index in [-0.39, 0.29) is 6.61 Å². The van der Waals surface area contributed by atoms with Gasteiger partial charge in [-0.05, 0) is 19.0 Å². The second kappa shape index (κ2) is 4.89. The molecule has 1 saturated heterocycles. The summed E-state index contributed by atoms with van der Waals surface area (Å²) < 4.78 is 12.9. The molecule has 2 radical (unpaired) electrons. The van der Waals surface area contributed by atoms with Crippen LogP contribution in [0.25, 0.3) is 0 Å². The molecule has 1 aliphatic heterocycles. The van der Waals surface area contributed by atoms with Crippen molar-refractivity contribution in [1.29, 1.82) is 0 Å². The second-order valence-electron chi connectivity index (χ2n) is 3.21. The van der Waals surface area contributed by atoms with Crippen molar-refractivity contribution in [2.24, 2.45) is 0 Å². The van der Waals surface area contributed by atoms with Crippen molar-refractivity contribution >= 4 is 31.8 Å². The van der Waals surface area contributed by atoms with Gasteiger partial charge in [0.05, 0.1) is 18.4 Å². The summed E-state index contributed by atoms with van der Waals surface area (Å²) in [4.78, 5) is 22.5. The van der Waals surface area contributed by atoms with Crippen LogP contribution in [-0.2, 0) is 23.2 Å². The summed E-state index contributed by atoms with van der Waals surface area (Å²) in [6.45, 7) is 1.72. The lowest BCUT2D eigenvalue weighted by atomic mass is 9.88. The zero-order valence-electron chi connectivity index (χ0n) is 8.52. The summed E-state index contributed by atoms with van der Waals surface area (Å²) in [5.74, 6) is -1.22. The summed E-state index contributed by atoms with van der Waals surface area (Å²) in [5, 5.41) is 0. The summed E-state index contributed by atoms with van der Waals surface area (Å²) in [7, 11) is 7.00. The van der Waals surface area contributed by atoms with Gasteiger partial charge in [-0.2, -0.15) is 0 Å². The summed E-state index contributed by atoms with van der Waals surface area (Å²) in [6.07, 6.45) is -0.462. The van der Waals surface area contributed by atoms with E-state index in [1.165, 1.54) is 14.0 Å². The number of ether oxygens (including phenoxy) is 2. The molecule has 1 aliphatic rings. The summed E-state index contributed by atoms with van der Waals surface area (Å²) in [6, 6.07) is 0. The Morgan fingerprint density at radius 2 is 2.40 bits per heavy atom. The molecule has 0 aromatic carbocycles. The SMILES string of the molecule is [B]C(C)(SOC)C(=O)OC1CCOC1=O. The molecule has 5 nitrogen and oxygen atoms in total. The van der Waals surface area contributed by atoms with Crippen LogP contribution in [0.5, 0.6) is 0 Å². The van der Waals surface area contributed by atoms with Crippen molar-refractivity contribution < 1.29 is 23.2 Å². The van der Waals surface area contributed by atoms with Crippen molar-refractivity contribution in [2.75, 3.05) is 13.7 Å². The van der Waals surface area contributed by atoms with Gasteiger partial charge in [-0.3, -0.25) is 4.79 Å². The lowest BCUT2D eigenvalue weighted by Crippen LogP contribution is -2.38. The molecule has 0 amide bonds. The highest BCUT2D eigenvalue weighted by molar-refractivity contribution is 7.98. The van der Waals surface area contributed by atoms with E-state index in [2.05, 4.69) is 4.74 Å². The number of hydrogen-bond donors (Lipinski definition) is 0. The number of rotatable bonds is 4. The van der Waals surface area contributed by atoms with E-state index in [4.69, 9.17) is 16.8 Å². The third-order valence-electron chi connectivity index (χ3n) is 1.80. The zero-order chi connectivity index (χ0) is 11.5. The van der Waals surface area contributed by atoms with Crippen molar-refractivity contribution in [3.05, 3.63) is 0 Å². The molecule has 0 bridgehead atoms. The summed E-state index contributed by atoms with van der Waals surface area (Å²) >= 11 is 0.777. The molecule has 2 atom stereocenters. The molecule has 1 fully saturated rings. The fraction of sp³-hybridized carbons (Fsp3) is 0.750. The highest BCUT2D eigenvalue weighted by Gasteiger charge is 2.37. The fourth-order valence-electron chi connectivity index (χ4n) is 1.04. The Bertz CT molecular complexity index is 268. The Morgan fingerprint density at radius 3 is 2.87 bits per heavy atom. The molecule has 1 heterocycles. The standard InChI is InChI=1S/C8H11BO5S/c1-8(9,15-12-2)7(11)14-5-3-4-13-6(5)10/h5H,3-4H2,1-2H3. The molecule has 0 spiro atoms. The average Bonchev–Trinajstić information content (AvgIpc) is 2.52. The van der Waals surface area contributed by atoms with Gasteiger partial charge < -0.3 is 13.7 Å². The Balaban J connectivity index is 2.50. The van der Waals surface area contributed by atoms with E-state index in [0.717, 1.165) is 12.0 Å². The molecule has 0 aromatic rings. The Hall–Kier alpha value is -0.685. The second-order valence-corrected chi connectivity index (χ2v) is 4.56. The van der Waals surface area contributed by atoms with Gasteiger partial charge in [0.15, 0.2) is 0 Å². The zero-order valence-corrected chi connectivity index (χ0v) is 9.33. The van der Waals surface area contributed by atoms with Gasteiger partial charge in [0.2, 0.25) is 6.10 Å². The maximum absolute atomic E-state index is 11.5. The monoisotopic (exact) mass is 230 g/mol. The Labute approximate surface area is 93.4 Å². The number of esters is 2. The van der Waals surface area contributed by atoms with Crippen molar-refractivity contribution in [3.63, 3.8) is 0 Å². The molecule has 15 heavy (non-hydrogen) atoms. The van der Waals surface area contributed by atoms with E-state index in [0.29, 0.717) is 6.42 Å². The van der Waals surface area contributed by atoms with Crippen LogP contribution >= 0.6 is 12.0 Å². The topological polar surface area (TPSA) is 61.8 Å². The first-order valence-electron chi connectivity index (χ1n) is 4.36. The van der Waals surface area contributed by atoms with E-state index in [1.807, 2.05) is 0 Å². The largest absolute Gasteiger partial charge is 0.463 e. The molecule has 0 saturated carbocycles. The van der Waals surface area contributed by atoms with Gasteiger partial charge in [0.25, 0.3) is 0 Å². The maximum atomic E-state index is 11.5. The molecule has 2 unspecified atom stereocenters. The minimum Gasteiger partial charge on any atom is -0.463 e. The van der Waals surface area contributed by atoms with Crippen LogP contribution in [0, 0.1) is 0 Å². The number of carbonyl (C=O) groups is 2. The predicted octanol–water partition coefficient (Wildman–Crippen LogP) is 0.0244. The summed E-state index contributed by atoms with van der Waals surface area (Å²) in [5.41, 5.74) is 0. The molecule has 0 N–H and O–H groups in total. The number of carbonyl (C=O) groups excluding carboxylic acids is 2. The number of cyclic esters (lactones) is 1. The van der Waals surface area contributed by atoms with Crippen molar-refractivity contribution in [3.8, 4) is 0 Å². The first-order valence-corrected chi connectivity index (χ1v) is 5.10. The van der Waals surface area contributed by atoms with Crippen molar-refractivity contribution in [1.82, 2.24) is 0 Å². The van der Waals surface area contributed by atoms with Gasteiger partial charge >= 0.3 is 11.9 Å². The van der Waals surface area contributed by atoms with Gasteiger partial charge in [0.1, 0.15) is 7.85 Å². The van der Waals surface area contributed by atoms with Crippen LogP contribution in [0.4, 0.5) is 0 Å². The number of hydrogen-bond acceptors (Lipinski definition) is 6. The highest BCUT2D eigenvalue weighted by Crippen LogP contribution is 2.24. The van der Waals surface area contributed by atoms with Crippen LogP contribution in [-0.4, -0.2) is 44.3 Å². The van der Waals surface area contributed by atoms with Gasteiger partial charge in [0, 0.05) is 6.42 Å². The predicted molar refractivity (Wildman–Crippen MR) is 54.2 cm³/mol. The third-order valence-corrected chi connectivity index (χ3v) is 2.48. The molecular formula is C8H11BO5S. The lowest BCUT2D eigenvalue weighted by Gasteiger charge is -2.21.